The summed E-state index contributed by atoms with van der Waals surface area (Å²) in [6.45, 7) is 2.32. The number of carbonyl (C=O) groups is 1. The summed E-state index contributed by atoms with van der Waals surface area (Å²) in [5.74, 6) is 2.67. The highest BCUT2D eigenvalue weighted by molar-refractivity contribution is 5.76. The first-order chi connectivity index (χ1) is 8.70. The van der Waals surface area contributed by atoms with Crippen molar-refractivity contribution in [3.8, 4) is 0 Å². The molecule has 1 saturated heterocycles. The third kappa shape index (κ3) is 2.71. The fourth-order valence-electron chi connectivity index (χ4n) is 4.22. The van der Waals surface area contributed by atoms with Gasteiger partial charge >= 0.3 is 0 Å². The highest BCUT2D eigenvalue weighted by Gasteiger charge is 2.40. The average Bonchev–Trinajstić information content (AvgIpc) is 2.94. The second kappa shape index (κ2) is 5.20. The molecular formula is C15H26N2O. The van der Waals surface area contributed by atoms with Gasteiger partial charge < -0.3 is 10.2 Å². The van der Waals surface area contributed by atoms with E-state index >= 15 is 0 Å². The molecule has 0 aromatic rings. The molecule has 2 aliphatic carbocycles. The number of fused-ring (bicyclic) bond motifs is 2. The molecule has 2 saturated carbocycles. The van der Waals surface area contributed by atoms with Crippen LogP contribution in [0.5, 0.6) is 0 Å². The maximum atomic E-state index is 12.1. The van der Waals surface area contributed by atoms with Crippen molar-refractivity contribution in [3.63, 3.8) is 0 Å². The second-order valence-electron chi connectivity index (χ2n) is 6.80. The van der Waals surface area contributed by atoms with Gasteiger partial charge in [-0.05, 0) is 70.0 Å². The van der Waals surface area contributed by atoms with E-state index in [4.69, 9.17) is 0 Å². The van der Waals surface area contributed by atoms with Crippen molar-refractivity contribution in [1.29, 1.82) is 0 Å². The van der Waals surface area contributed by atoms with Crippen molar-refractivity contribution in [1.82, 2.24) is 10.2 Å². The van der Waals surface area contributed by atoms with Crippen LogP contribution in [0, 0.1) is 17.8 Å². The van der Waals surface area contributed by atoms with Crippen LogP contribution in [0.2, 0.25) is 0 Å². The van der Waals surface area contributed by atoms with Crippen molar-refractivity contribution in [2.75, 3.05) is 20.1 Å². The smallest absolute Gasteiger partial charge is 0.220 e. The summed E-state index contributed by atoms with van der Waals surface area (Å²) in [6, 6.07) is 0.516. The fourth-order valence-corrected chi connectivity index (χ4v) is 4.22. The molecule has 3 heteroatoms. The standard InChI is InChI=1S/C15H26N2O/c1-17-6-4-11(5-7-17)10-15(18)16-14-9-12-2-3-13(14)8-12/h11-14H,2-10H2,1H3,(H,16,18)/t12-,13+,14+/m0/s1. The Balaban J connectivity index is 1.42. The average molecular weight is 250 g/mol. The van der Waals surface area contributed by atoms with Crippen LogP contribution in [0.1, 0.15) is 44.9 Å². The Labute approximate surface area is 110 Å². The lowest BCUT2D eigenvalue weighted by molar-refractivity contribution is -0.123. The molecule has 102 valence electrons. The summed E-state index contributed by atoms with van der Waals surface area (Å²) in [5.41, 5.74) is 0. The topological polar surface area (TPSA) is 32.3 Å². The summed E-state index contributed by atoms with van der Waals surface area (Å²) in [7, 11) is 2.17. The van der Waals surface area contributed by atoms with Gasteiger partial charge in [-0.3, -0.25) is 4.79 Å². The van der Waals surface area contributed by atoms with E-state index in [2.05, 4.69) is 17.3 Å². The molecule has 1 heterocycles. The largest absolute Gasteiger partial charge is 0.353 e. The predicted molar refractivity (Wildman–Crippen MR) is 72.2 cm³/mol. The molecule has 0 unspecified atom stereocenters. The molecular weight excluding hydrogens is 224 g/mol. The minimum Gasteiger partial charge on any atom is -0.353 e. The van der Waals surface area contributed by atoms with E-state index in [0.29, 0.717) is 17.9 Å². The molecule has 0 aromatic heterocycles. The van der Waals surface area contributed by atoms with Gasteiger partial charge in [-0.2, -0.15) is 0 Å². The van der Waals surface area contributed by atoms with Crippen molar-refractivity contribution < 1.29 is 4.79 Å². The number of carbonyl (C=O) groups excluding carboxylic acids is 1. The van der Waals surface area contributed by atoms with E-state index < -0.39 is 0 Å². The number of rotatable bonds is 3. The highest BCUT2D eigenvalue weighted by Crippen LogP contribution is 2.44. The normalized spacial score (nSPS) is 37.1. The minimum atomic E-state index is 0.321. The van der Waals surface area contributed by atoms with E-state index in [9.17, 15) is 4.79 Å². The van der Waals surface area contributed by atoms with E-state index in [0.717, 1.165) is 31.3 Å². The van der Waals surface area contributed by atoms with Crippen LogP contribution >= 0.6 is 0 Å². The van der Waals surface area contributed by atoms with Gasteiger partial charge in [0, 0.05) is 12.5 Å². The van der Waals surface area contributed by atoms with Crippen LogP contribution < -0.4 is 5.32 Å². The quantitative estimate of drug-likeness (QED) is 0.831. The molecule has 0 radical (unpaired) electrons. The fraction of sp³-hybridized carbons (Fsp3) is 0.933. The van der Waals surface area contributed by atoms with Gasteiger partial charge in [-0.15, -0.1) is 0 Å². The SMILES string of the molecule is CN1CCC(CC(=O)N[C@@H]2C[C@H]3CC[C@@H]2C3)CC1. The Kier molecular flexibility index (Phi) is 3.60. The lowest BCUT2D eigenvalue weighted by Crippen LogP contribution is -2.40. The monoisotopic (exact) mass is 250 g/mol. The number of nitrogens with zero attached hydrogens (tertiary/aromatic N) is 1. The Bertz CT molecular complexity index is 310. The van der Waals surface area contributed by atoms with E-state index in [-0.39, 0.29) is 0 Å². The summed E-state index contributed by atoms with van der Waals surface area (Å²) in [4.78, 5) is 14.5. The van der Waals surface area contributed by atoms with Crippen molar-refractivity contribution in [3.05, 3.63) is 0 Å². The lowest BCUT2D eigenvalue weighted by Gasteiger charge is -2.29. The number of piperidine rings is 1. The highest BCUT2D eigenvalue weighted by atomic mass is 16.1. The number of hydrogen-bond donors (Lipinski definition) is 1. The molecule has 1 aliphatic heterocycles. The molecule has 18 heavy (non-hydrogen) atoms. The number of likely N-dealkylation sites (tertiary alicyclic amines) is 1. The Morgan fingerprint density at radius 3 is 2.56 bits per heavy atom. The second-order valence-corrected chi connectivity index (χ2v) is 6.80. The first-order valence-corrected chi connectivity index (χ1v) is 7.68. The van der Waals surface area contributed by atoms with E-state index in [1.165, 1.54) is 38.5 Å². The van der Waals surface area contributed by atoms with Crippen molar-refractivity contribution >= 4 is 5.91 Å². The van der Waals surface area contributed by atoms with Crippen LogP contribution in [0.15, 0.2) is 0 Å². The van der Waals surface area contributed by atoms with E-state index in [1.54, 1.807) is 0 Å². The Morgan fingerprint density at radius 1 is 1.17 bits per heavy atom. The molecule has 0 spiro atoms. The van der Waals surface area contributed by atoms with Crippen LogP contribution in [-0.4, -0.2) is 37.0 Å². The molecule has 3 atom stereocenters. The lowest BCUT2D eigenvalue weighted by atomic mass is 9.92. The van der Waals surface area contributed by atoms with Gasteiger partial charge in [0.25, 0.3) is 0 Å². The molecule has 3 rings (SSSR count). The van der Waals surface area contributed by atoms with Crippen LogP contribution in [0.25, 0.3) is 0 Å². The van der Waals surface area contributed by atoms with Gasteiger partial charge in [0.2, 0.25) is 5.91 Å². The molecule has 3 nitrogen and oxygen atoms in total. The summed E-state index contributed by atoms with van der Waals surface area (Å²) >= 11 is 0. The predicted octanol–water partition coefficient (Wildman–Crippen LogP) is 2.02. The Morgan fingerprint density at radius 2 is 1.94 bits per heavy atom. The molecule has 3 aliphatic rings. The minimum absolute atomic E-state index is 0.321. The van der Waals surface area contributed by atoms with Gasteiger partial charge in [0.15, 0.2) is 0 Å². The van der Waals surface area contributed by atoms with Crippen LogP contribution in [-0.2, 0) is 4.79 Å². The zero-order valence-electron chi connectivity index (χ0n) is 11.5. The molecule has 1 amide bonds. The maximum Gasteiger partial charge on any atom is 0.220 e. The van der Waals surface area contributed by atoms with Crippen LogP contribution in [0.3, 0.4) is 0 Å². The maximum absolute atomic E-state index is 12.1. The zero-order valence-corrected chi connectivity index (χ0v) is 11.5. The summed E-state index contributed by atoms with van der Waals surface area (Å²) < 4.78 is 0. The van der Waals surface area contributed by atoms with Gasteiger partial charge in [0.1, 0.15) is 0 Å². The summed E-state index contributed by atoms with van der Waals surface area (Å²) in [5, 5.41) is 3.32. The molecule has 1 N–H and O–H groups in total. The summed E-state index contributed by atoms with van der Waals surface area (Å²) in [6.07, 6.45) is 8.54. The Hall–Kier alpha value is -0.570. The van der Waals surface area contributed by atoms with Gasteiger partial charge in [-0.25, -0.2) is 0 Å². The van der Waals surface area contributed by atoms with Crippen molar-refractivity contribution in [2.45, 2.75) is 51.0 Å². The number of nitrogens with one attached hydrogen (secondary N) is 1. The van der Waals surface area contributed by atoms with E-state index in [1.807, 2.05) is 0 Å². The number of hydrogen-bond acceptors (Lipinski definition) is 2. The van der Waals surface area contributed by atoms with Gasteiger partial charge in [0.05, 0.1) is 0 Å². The van der Waals surface area contributed by atoms with Crippen molar-refractivity contribution in [2.24, 2.45) is 17.8 Å². The first kappa shape index (κ1) is 12.5. The molecule has 0 aromatic carbocycles. The molecule has 2 bridgehead atoms. The van der Waals surface area contributed by atoms with Crippen LogP contribution in [0.4, 0.5) is 0 Å². The third-order valence-corrected chi connectivity index (χ3v) is 5.40. The number of amides is 1. The third-order valence-electron chi connectivity index (χ3n) is 5.40. The van der Waals surface area contributed by atoms with Gasteiger partial charge in [-0.1, -0.05) is 6.42 Å². The molecule has 3 fully saturated rings. The first-order valence-electron chi connectivity index (χ1n) is 7.68. The zero-order chi connectivity index (χ0) is 12.5.